The highest BCUT2D eigenvalue weighted by molar-refractivity contribution is 5.70. The minimum Gasteiger partial charge on any atom is -0.482 e. The van der Waals surface area contributed by atoms with Gasteiger partial charge >= 0.3 is 5.97 Å². The van der Waals surface area contributed by atoms with E-state index in [2.05, 4.69) is 17.0 Å². The van der Waals surface area contributed by atoms with E-state index in [0.717, 1.165) is 6.42 Å². The summed E-state index contributed by atoms with van der Waals surface area (Å²) in [6, 6.07) is 7.88. The molecule has 5 heteroatoms. The molecule has 1 unspecified atom stereocenters. The van der Waals surface area contributed by atoms with Crippen LogP contribution < -0.4 is 10.1 Å². The first-order valence-electron chi connectivity index (χ1n) is 6.28. The van der Waals surface area contributed by atoms with Crippen molar-refractivity contribution in [1.29, 1.82) is 0 Å². The molecule has 0 spiro atoms. The summed E-state index contributed by atoms with van der Waals surface area (Å²) in [5.74, 6) is 0.246. The van der Waals surface area contributed by atoms with E-state index in [0.29, 0.717) is 18.3 Å². The molecular weight excluding hydrogens is 246 g/mol. The highest BCUT2D eigenvalue weighted by Gasteiger charge is 2.04. The summed E-state index contributed by atoms with van der Waals surface area (Å²) < 4.78 is 9.75. The highest BCUT2D eigenvalue weighted by Crippen LogP contribution is 2.13. The molecule has 1 atom stereocenters. The lowest BCUT2D eigenvalue weighted by Crippen LogP contribution is -2.30. The van der Waals surface area contributed by atoms with Crippen LogP contribution in [0.2, 0.25) is 0 Å². The lowest BCUT2D eigenvalue weighted by atomic mass is 10.1. The number of aliphatic hydroxyl groups is 1. The number of rotatable bonds is 8. The predicted molar refractivity (Wildman–Crippen MR) is 72.2 cm³/mol. The second-order valence-electron chi connectivity index (χ2n) is 4.29. The van der Waals surface area contributed by atoms with E-state index in [4.69, 9.17) is 9.84 Å². The maximum absolute atomic E-state index is 10.9. The van der Waals surface area contributed by atoms with Gasteiger partial charge in [0.1, 0.15) is 5.75 Å². The number of hydrogen-bond acceptors (Lipinski definition) is 5. The van der Waals surface area contributed by atoms with Crippen molar-refractivity contribution in [3.63, 3.8) is 0 Å². The summed E-state index contributed by atoms with van der Waals surface area (Å²) >= 11 is 0. The van der Waals surface area contributed by atoms with Crippen molar-refractivity contribution in [2.75, 3.05) is 26.9 Å². The van der Waals surface area contributed by atoms with Gasteiger partial charge in [-0.1, -0.05) is 12.1 Å². The van der Waals surface area contributed by atoms with Crippen LogP contribution in [0.4, 0.5) is 0 Å². The van der Waals surface area contributed by atoms with Gasteiger partial charge in [-0.15, -0.1) is 0 Å². The second-order valence-corrected chi connectivity index (χ2v) is 4.29. The summed E-state index contributed by atoms with van der Waals surface area (Å²) in [5, 5.41) is 11.9. The Hall–Kier alpha value is -1.59. The number of esters is 1. The molecule has 0 aromatic heterocycles. The molecule has 0 saturated carbocycles. The van der Waals surface area contributed by atoms with E-state index in [-0.39, 0.29) is 13.2 Å². The molecule has 1 rings (SSSR count). The minimum atomic E-state index is -0.397. The normalized spacial score (nSPS) is 11.9. The Morgan fingerprint density at radius 3 is 2.63 bits per heavy atom. The van der Waals surface area contributed by atoms with Gasteiger partial charge in [-0.3, -0.25) is 0 Å². The van der Waals surface area contributed by atoms with Crippen LogP contribution in [0.25, 0.3) is 0 Å². The zero-order valence-corrected chi connectivity index (χ0v) is 11.4. The van der Waals surface area contributed by atoms with Gasteiger partial charge in [-0.05, 0) is 31.0 Å². The minimum absolute atomic E-state index is 0.0791. The Balaban J connectivity index is 2.40. The van der Waals surface area contributed by atoms with Gasteiger partial charge in [0.15, 0.2) is 6.61 Å². The number of methoxy groups -OCH3 is 1. The van der Waals surface area contributed by atoms with Gasteiger partial charge in [0.25, 0.3) is 0 Å². The molecule has 19 heavy (non-hydrogen) atoms. The molecule has 0 saturated heterocycles. The molecule has 0 amide bonds. The SMILES string of the molecule is COC(=O)COc1ccc(CC(C)NCCO)cc1. The van der Waals surface area contributed by atoms with Crippen LogP contribution in [0.3, 0.4) is 0 Å². The van der Waals surface area contributed by atoms with Gasteiger partial charge in [0.05, 0.1) is 13.7 Å². The van der Waals surface area contributed by atoms with E-state index < -0.39 is 5.97 Å². The highest BCUT2D eigenvalue weighted by atomic mass is 16.6. The standard InChI is InChI=1S/C14H21NO4/c1-11(15-7-8-16)9-12-3-5-13(6-4-12)19-10-14(17)18-2/h3-6,11,15-16H,7-10H2,1-2H3. The molecule has 1 aromatic carbocycles. The molecule has 5 nitrogen and oxygen atoms in total. The molecule has 0 aliphatic heterocycles. The van der Waals surface area contributed by atoms with Gasteiger partial charge in [0.2, 0.25) is 0 Å². The molecule has 0 radical (unpaired) electrons. The zero-order valence-electron chi connectivity index (χ0n) is 11.4. The average Bonchev–Trinajstić information content (AvgIpc) is 2.44. The Labute approximate surface area is 113 Å². The van der Waals surface area contributed by atoms with Crippen LogP contribution in [0.1, 0.15) is 12.5 Å². The van der Waals surface area contributed by atoms with E-state index in [1.807, 2.05) is 24.3 Å². The molecule has 0 aliphatic carbocycles. The van der Waals surface area contributed by atoms with Gasteiger partial charge in [-0.25, -0.2) is 4.79 Å². The fraction of sp³-hybridized carbons (Fsp3) is 0.500. The molecule has 1 aromatic rings. The zero-order chi connectivity index (χ0) is 14.1. The summed E-state index contributed by atoms with van der Waals surface area (Å²) in [6.07, 6.45) is 0.872. The van der Waals surface area contributed by atoms with Crippen molar-refractivity contribution in [2.45, 2.75) is 19.4 Å². The Morgan fingerprint density at radius 2 is 2.05 bits per heavy atom. The third kappa shape index (κ3) is 6.22. The van der Waals surface area contributed by atoms with E-state index in [9.17, 15) is 4.79 Å². The van der Waals surface area contributed by atoms with Crippen molar-refractivity contribution in [3.05, 3.63) is 29.8 Å². The third-order valence-corrected chi connectivity index (χ3v) is 2.65. The molecule has 0 aliphatic rings. The first kappa shape index (κ1) is 15.5. The molecular formula is C14H21NO4. The van der Waals surface area contributed by atoms with E-state index >= 15 is 0 Å². The number of hydrogen-bond donors (Lipinski definition) is 2. The van der Waals surface area contributed by atoms with Crippen LogP contribution in [0.5, 0.6) is 5.75 Å². The first-order valence-corrected chi connectivity index (χ1v) is 6.28. The Bertz CT molecular complexity index is 378. The lowest BCUT2D eigenvalue weighted by molar-refractivity contribution is -0.142. The number of benzene rings is 1. The van der Waals surface area contributed by atoms with Crippen LogP contribution in [0, 0.1) is 0 Å². The lowest BCUT2D eigenvalue weighted by Gasteiger charge is -2.13. The Kier molecular flexibility index (Phi) is 6.92. The van der Waals surface area contributed by atoms with Crippen LogP contribution in [-0.4, -0.2) is 44.0 Å². The quantitative estimate of drug-likeness (QED) is 0.680. The molecule has 0 bridgehead atoms. The van der Waals surface area contributed by atoms with Gasteiger partial charge in [-0.2, -0.15) is 0 Å². The number of carbonyl (C=O) groups is 1. The topological polar surface area (TPSA) is 67.8 Å². The Morgan fingerprint density at radius 1 is 1.37 bits per heavy atom. The van der Waals surface area contributed by atoms with E-state index in [1.165, 1.54) is 12.7 Å². The fourth-order valence-electron chi connectivity index (χ4n) is 1.66. The smallest absolute Gasteiger partial charge is 0.343 e. The summed E-state index contributed by atoms with van der Waals surface area (Å²) in [4.78, 5) is 10.9. The number of ether oxygens (including phenoxy) is 2. The average molecular weight is 267 g/mol. The number of carbonyl (C=O) groups excluding carboxylic acids is 1. The van der Waals surface area contributed by atoms with Crippen molar-refractivity contribution in [3.8, 4) is 5.75 Å². The largest absolute Gasteiger partial charge is 0.482 e. The van der Waals surface area contributed by atoms with Crippen molar-refractivity contribution in [2.24, 2.45) is 0 Å². The number of aliphatic hydroxyl groups excluding tert-OH is 1. The summed E-state index contributed by atoms with van der Waals surface area (Å²) in [6.45, 7) is 2.73. The number of nitrogens with one attached hydrogen (secondary N) is 1. The predicted octanol–water partition coefficient (Wildman–Crippen LogP) is 0.751. The fourth-order valence-corrected chi connectivity index (χ4v) is 1.66. The molecule has 2 N–H and O–H groups in total. The van der Waals surface area contributed by atoms with E-state index in [1.54, 1.807) is 0 Å². The summed E-state index contributed by atoms with van der Waals surface area (Å²) in [5.41, 5.74) is 1.17. The van der Waals surface area contributed by atoms with Crippen LogP contribution >= 0.6 is 0 Å². The second kappa shape index (κ2) is 8.50. The molecule has 0 fully saturated rings. The maximum atomic E-state index is 10.9. The molecule has 106 valence electrons. The van der Waals surface area contributed by atoms with Crippen molar-refractivity contribution < 1.29 is 19.4 Å². The monoisotopic (exact) mass is 267 g/mol. The van der Waals surface area contributed by atoms with Crippen LogP contribution in [0.15, 0.2) is 24.3 Å². The van der Waals surface area contributed by atoms with Gasteiger partial charge in [0, 0.05) is 12.6 Å². The molecule has 0 heterocycles. The van der Waals surface area contributed by atoms with Crippen molar-refractivity contribution in [1.82, 2.24) is 5.32 Å². The van der Waals surface area contributed by atoms with Crippen LogP contribution in [-0.2, 0) is 16.0 Å². The van der Waals surface area contributed by atoms with Crippen molar-refractivity contribution >= 4 is 5.97 Å². The first-order chi connectivity index (χ1) is 9.15. The maximum Gasteiger partial charge on any atom is 0.343 e. The summed E-state index contributed by atoms with van der Waals surface area (Å²) in [7, 11) is 1.33. The van der Waals surface area contributed by atoms with Gasteiger partial charge < -0.3 is 19.9 Å². The third-order valence-electron chi connectivity index (χ3n) is 2.65.